The molecule has 0 amide bonds. The molecule has 14 heavy (non-hydrogen) atoms. The standard InChI is InChI=1S/C12H19NO/c1-10(2)13(14-11(3)4)12-8-6-5-7-9-12/h5-11H,1-4H3. The molecular weight excluding hydrogens is 174 g/mol. The molecule has 0 radical (unpaired) electrons. The zero-order chi connectivity index (χ0) is 10.6. The molecule has 0 spiro atoms. The van der Waals surface area contributed by atoms with Gasteiger partial charge in [0.1, 0.15) is 0 Å². The van der Waals surface area contributed by atoms with E-state index >= 15 is 0 Å². The summed E-state index contributed by atoms with van der Waals surface area (Å²) in [6.07, 6.45) is 0.206. The molecule has 0 bridgehead atoms. The molecule has 0 aliphatic heterocycles. The Kier molecular flexibility index (Phi) is 3.96. The zero-order valence-electron chi connectivity index (χ0n) is 9.40. The Bertz CT molecular complexity index is 256. The highest BCUT2D eigenvalue weighted by molar-refractivity contribution is 5.44. The van der Waals surface area contributed by atoms with Gasteiger partial charge in [-0.2, -0.15) is 0 Å². The summed E-state index contributed by atoms with van der Waals surface area (Å²) >= 11 is 0. The van der Waals surface area contributed by atoms with Crippen molar-refractivity contribution in [3.63, 3.8) is 0 Å². The van der Waals surface area contributed by atoms with Gasteiger partial charge in [0.05, 0.1) is 17.8 Å². The van der Waals surface area contributed by atoms with E-state index in [1.54, 1.807) is 0 Å². The predicted molar refractivity (Wildman–Crippen MR) is 60.3 cm³/mol. The van der Waals surface area contributed by atoms with E-state index in [1.807, 2.05) is 37.1 Å². The van der Waals surface area contributed by atoms with Crippen LogP contribution in [0.3, 0.4) is 0 Å². The van der Waals surface area contributed by atoms with Gasteiger partial charge in [-0.1, -0.05) is 18.2 Å². The van der Waals surface area contributed by atoms with E-state index in [9.17, 15) is 0 Å². The minimum absolute atomic E-state index is 0.206. The number of hydroxylamine groups is 1. The number of nitrogens with zero attached hydrogens (tertiary/aromatic N) is 1. The van der Waals surface area contributed by atoms with Crippen molar-refractivity contribution in [3.05, 3.63) is 30.3 Å². The molecule has 0 aromatic heterocycles. The number of anilines is 1. The minimum Gasteiger partial charge on any atom is -0.271 e. The summed E-state index contributed by atoms with van der Waals surface area (Å²) in [5, 5.41) is 1.95. The van der Waals surface area contributed by atoms with Crippen LogP contribution in [0.15, 0.2) is 30.3 Å². The Hall–Kier alpha value is -1.02. The molecule has 0 atom stereocenters. The van der Waals surface area contributed by atoms with Crippen LogP contribution in [0, 0.1) is 0 Å². The quantitative estimate of drug-likeness (QED) is 0.681. The summed E-state index contributed by atoms with van der Waals surface area (Å²) in [6, 6.07) is 10.5. The normalized spacial score (nSPS) is 11.0. The third-order valence-electron chi connectivity index (χ3n) is 1.80. The van der Waals surface area contributed by atoms with E-state index in [0.29, 0.717) is 6.04 Å². The predicted octanol–water partition coefficient (Wildman–Crippen LogP) is 3.24. The molecule has 0 aliphatic rings. The van der Waals surface area contributed by atoms with Gasteiger partial charge in [0.15, 0.2) is 0 Å². The lowest BCUT2D eigenvalue weighted by atomic mass is 10.3. The monoisotopic (exact) mass is 193 g/mol. The van der Waals surface area contributed by atoms with E-state index in [1.165, 1.54) is 0 Å². The van der Waals surface area contributed by atoms with Gasteiger partial charge in [0.2, 0.25) is 0 Å². The fourth-order valence-corrected chi connectivity index (χ4v) is 1.28. The second-order valence-corrected chi connectivity index (χ2v) is 3.91. The average Bonchev–Trinajstić information content (AvgIpc) is 2.15. The summed E-state index contributed by atoms with van der Waals surface area (Å²) in [4.78, 5) is 5.73. The van der Waals surface area contributed by atoms with Crippen molar-refractivity contribution in [2.45, 2.75) is 39.8 Å². The number of para-hydroxylation sites is 1. The van der Waals surface area contributed by atoms with Gasteiger partial charge in [-0.15, -0.1) is 0 Å². The van der Waals surface area contributed by atoms with Crippen molar-refractivity contribution in [1.82, 2.24) is 0 Å². The van der Waals surface area contributed by atoms with Crippen molar-refractivity contribution >= 4 is 5.69 Å². The highest BCUT2D eigenvalue weighted by Crippen LogP contribution is 2.17. The number of benzene rings is 1. The summed E-state index contributed by atoms with van der Waals surface area (Å²) in [7, 11) is 0. The van der Waals surface area contributed by atoms with Gasteiger partial charge >= 0.3 is 0 Å². The molecule has 0 saturated heterocycles. The van der Waals surface area contributed by atoms with E-state index in [0.717, 1.165) is 5.69 Å². The second kappa shape index (κ2) is 5.01. The molecule has 0 aliphatic carbocycles. The fraction of sp³-hybridized carbons (Fsp3) is 0.500. The van der Waals surface area contributed by atoms with Crippen LogP contribution in [-0.2, 0) is 4.84 Å². The highest BCUT2D eigenvalue weighted by Gasteiger charge is 2.12. The van der Waals surface area contributed by atoms with Crippen LogP contribution in [0.2, 0.25) is 0 Å². The fourth-order valence-electron chi connectivity index (χ4n) is 1.28. The van der Waals surface area contributed by atoms with Crippen LogP contribution >= 0.6 is 0 Å². The van der Waals surface area contributed by atoms with E-state index in [2.05, 4.69) is 26.0 Å². The first-order chi connectivity index (χ1) is 6.61. The Labute approximate surface area is 86.4 Å². The lowest BCUT2D eigenvalue weighted by Gasteiger charge is -2.29. The molecule has 0 heterocycles. The summed E-state index contributed by atoms with van der Waals surface area (Å²) in [5.41, 5.74) is 1.11. The Morgan fingerprint density at radius 2 is 1.57 bits per heavy atom. The molecule has 1 aromatic carbocycles. The van der Waals surface area contributed by atoms with Crippen LogP contribution in [0.4, 0.5) is 5.69 Å². The lowest BCUT2D eigenvalue weighted by Crippen LogP contribution is -2.33. The van der Waals surface area contributed by atoms with Crippen molar-refractivity contribution < 1.29 is 4.84 Å². The van der Waals surface area contributed by atoms with E-state index in [4.69, 9.17) is 4.84 Å². The van der Waals surface area contributed by atoms with Gasteiger partial charge in [-0.05, 0) is 39.8 Å². The van der Waals surface area contributed by atoms with Crippen molar-refractivity contribution in [2.75, 3.05) is 5.06 Å². The lowest BCUT2D eigenvalue weighted by molar-refractivity contribution is 0.0437. The maximum atomic E-state index is 5.73. The maximum absolute atomic E-state index is 5.73. The second-order valence-electron chi connectivity index (χ2n) is 3.91. The molecule has 2 heteroatoms. The maximum Gasteiger partial charge on any atom is 0.0800 e. The molecule has 2 nitrogen and oxygen atoms in total. The molecule has 78 valence electrons. The summed E-state index contributed by atoms with van der Waals surface area (Å²) < 4.78 is 0. The van der Waals surface area contributed by atoms with Crippen LogP contribution in [-0.4, -0.2) is 12.1 Å². The van der Waals surface area contributed by atoms with Gasteiger partial charge in [-0.25, -0.2) is 0 Å². The van der Waals surface area contributed by atoms with E-state index in [-0.39, 0.29) is 6.10 Å². The van der Waals surface area contributed by atoms with Crippen molar-refractivity contribution in [1.29, 1.82) is 0 Å². The molecule has 0 N–H and O–H groups in total. The summed E-state index contributed by atoms with van der Waals surface area (Å²) in [6.45, 7) is 8.32. The molecule has 1 rings (SSSR count). The molecule has 0 unspecified atom stereocenters. The first kappa shape index (κ1) is 11.1. The van der Waals surface area contributed by atoms with Crippen LogP contribution < -0.4 is 5.06 Å². The van der Waals surface area contributed by atoms with Crippen molar-refractivity contribution in [2.24, 2.45) is 0 Å². The number of hydrogen-bond donors (Lipinski definition) is 0. The largest absolute Gasteiger partial charge is 0.271 e. The number of rotatable bonds is 4. The Balaban J connectivity index is 2.78. The van der Waals surface area contributed by atoms with Crippen molar-refractivity contribution in [3.8, 4) is 0 Å². The van der Waals surface area contributed by atoms with Crippen LogP contribution in [0.5, 0.6) is 0 Å². The molecular formula is C12H19NO. The SMILES string of the molecule is CC(C)ON(c1ccccc1)C(C)C. The Morgan fingerprint density at radius 1 is 1.00 bits per heavy atom. The zero-order valence-corrected chi connectivity index (χ0v) is 9.40. The van der Waals surface area contributed by atoms with Gasteiger partial charge in [-0.3, -0.25) is 9.90 Å². The highest BCUT2D eigenvalue weighted by atomic mass is 16.7. The smallest absolute Gasteiger partial charge is 0.0800 e. The van der Waals surface area contributed by atoms with Gasteiger partial charge in [0.25, 0.3) is 0 Å². The minimum atomic E-state index is 0.206. The first-order valence-corrected chi connectivity index (χ1v) is 5.12. The van der Waals surface area contributed by atoms with E-state index < -0.39 is 0 Å². The molecule has 0 saturated carbocycles. The first-order valence-electron chi connectivity index (χ1n) is 5.12. The third kappa shape index (κ3) is 3.04. The molecule has 0 fully saturated rings. The third-order valence-corrected chi connectivity index (χ3v) is 1.80. The van der Waals surface area contributed by atoms with Gasteiger partial charge in [0, 0.05) is 0 Å². The summed E-state index contributed by atoms with van der Waals surface area (Å²) in [5.74, 6) is 0. The molecule has 1 aromatic rings. The topological polar surface area (TPSA) is 12.5 Å². The Morgan fingerprint density at radius 3 is 2.00 bits per heavy atom. The number of hydrogen-bond acceptors (Lipinski definition) is 2. The van der Waals surface area contributed by atoms with Crippen LogP contribution in [0.1, 0.15) is 27.7 Å². The van der Waals surface area contributed by atoms with Crippen LogP contribution in [0.25, 0.3) is 0 Å². The average molecular weight is 193 g/mol. The van der Waals surface area contributed by atoms with Gasteiger partial charge < -0.3 is 0 Å².